The Morgan fingerprint density at radius 1 is 1.20 bits per heavy atom. The summed E-state index contributed by atoms with van der Waals surface area (Å²) in [6, 6.07) is 11.3. The maximum absolute atomic E-state index is 8.74. The summed E-state index contributed by atoms with van der Waals surface area (Å²) in [7, 11) is 0. The number of hydrogen-bond acceptors (Lipinski definition) is 2. The molecule has 0 radical (unpaired) electrons. The van der Waals surface area contributed by atoms with E-state index in [1.807, 2.05) is 6.07 Å². The van der Waals surface area contributed by atoms with Gasteiger partial charge in [-0.05, 0) is 32.3 Å². The van der Waals surface area contributed by atoms with Gasteiger partial charge in [-0.25, -0.2) is 0 Å². The number of benzene rings is 1. The highest BCUT2D eigenvalue weighted by molar-refractivity contribution is 5.18. The Morgan fingerprint density at radius 3 is 2.47 bits per heavy atom. The van der Waals surface area contributed by atoms with Gasteiger partial charge in [-0.2, -0.15) is 0 Å². The minimum atomic E-state index is 0.283. The number of rotatable bonds is 6. The Morgan fingerprint density at radius 2 is 1.87 bits per heavy atom. The third-order valence-electron chi connectivity index (χ3n) is 2.63. The molecule has 15 heavy (non-hydrogen) atoms. The van der Waals surface area contributed by atoms with Crippen molar-refractivity contribution in [2.24, 2.45) is 0 Å². The van der Waals surface area contributed by atoms with E-state index < -0.39 is 0 Å². The Labute approximate surface area is 92.3 Å². The quantitative estimate of drug-likeness (QED) is 0.751. The Kier molecular flexibility index (Phi) is 5.37. The summed E-state index contributed by atoms with van der Waals surface area (Å²) in [6.07, 6.45) is 1.89. The third-order valence-corrected chi connectivity index (χ3v) is 2.63. The molecule has 0 saturated carbocycles. The van der Waals surface area contributed by atoms with Crippen molar-refractivity contribution in [3.8, 4) is 0 Å². The van der Waals surface area contributed by atoms with Crippen LogP contribution in [0.1, 0.15) is 38.3 Å². The van der Waals surface area contributed by atoms with Gasteiger partial charge in [0.2, 0.25) is 0 Å². The maximum Gasteiger partial charge on any atom is 0.0431 e. The maximum atomic E-state index is 8.74. The van der Waals surface area contributed by atoms with Gasteiger partial charge in [0, 0.05) is 18.7 Å². The first kappa shape index (κ1) is 12.2. The van der Waals surface area contributed by atoms with Crippen LogP contribution in [0.15, 0.2) is 30.3 Å². The van der Waals surface area contributed by atoms with E-state index in [4.69, 9.17) is 5.11 Å². The van der Waals surface area contributed by atoms with Crippen molar-refractivity contribution in [2.45, 2.75) is 38.8 Å². The molecule has 0 saturated heterocycles. The Bertz CT molecular complexity index is 260. The van der Waals surface area contributed by atoms with Crippen molar-refractivity contribution < 1.29 is 5.11 Å². The van der Waals surface area contributed by atoms with Crippen LogP contribution >= 0.6 is 0 Å². The Balaban J connectivity index is 2.38. The summed E-state index contributed by atoms with van der Waals surface area (Å²) in [4.78, 5) is 0. The molecule has 2 nitrogen and oxygen atoms in total. The first-order valence-corrected chi connectivity index (χ1v) is 5.66. The lowest BCUT2D eigenvalue weighted by atomic mass is 10.1. The number of nitrogens with one attached hydrogen (secondary N) is 1. The summed E-state index contributed by atoms with van der Waals surface area (Å²) in [5, 5.41) is 12.3. The van der Waals surface area contributed by atoms with Crippen molar-refractivity contribution in [3.63, 3.8) is 0 Å². The topological polar surface area (TPSA) is 32.3 Å². The predicted octanol–water partition coefficient (Wildman–Crippen LogP) is 2.50. The van der Waals surface area contributed by atoms with Gasteiger partial charge in [0.05, 0.1) is 0 Å². The molecule has 0 aromatic heterocycles. The molecule has 84 valence electrons. The lowest BCUT2D eigenvalue weighted by molar-refractivity contribution is 0.274. The minimum Gasteiger partial charge on any atom is -0.396 e. The summed E-state index contributed by atoms with van der Waals surface area (Å²) in [6.45, 7) is 4.62. The normalized spacial score (nSPS) is 14.9. The zero-order chi connectivity index (χ0) is 11.1. The minimum absolute atomic E-state index is 0.283. The van der Waals surface area contributed by atoms with Gasteiger partial charge in [-0.3, -0.25) is 0 Å². The molecule has 1 aromatic carbocycles. The molecular weight excluding hydrogens is 186 g/mol. The van der Waals surface area contributed by atoms with Gasteiger partial charge in [-0.1, -0.05) is 30.3 Å². The summed E-state index contributed by atoms with van der Waals surface area (Å²) in [5.74, 6) is 0. The first-order chi connectivity index (χ1) is 7.24. The van der Waals surface area contributed by atoms with Gasteiger partial charge < -0.3 is 10.4 Å². The second-order valence-electron chi connectivity index (χ2n) is 4.07. The average Bonchev–Trinajstić information content (AvgIpc) is 2.27. The zero-order valence-electron chi connectivity index (χ0n) is 9.61. The molecule has 0 unspecified atom stereocenters. The van der Waals surface area contributed by atoms with Gasteiger partial charge >= 0.3 is 0 Å². The molecule has 2 N–H and O–H groups in total. The standard InChI is InChI=1S/C13H21NO/c1-11(7-6-10-15)14-12(2)13-8-4-3-5-9-13/h3-5,8-9,11-12,14-15H,6-7,10H2,1-2H3/t11-,12-/m1/s1. The monoisotopic (exact) mass is 207 g/mol. The van der Waals surface area contributed by atoms with Crippen molar-refractivity contribution in [3.05, 3.63) is 35.9 Å². The van der Waals surface area contributed by atoms with Crippen LogP contribution in [0, 0.1) is 0 Å². The van der Waals surface area contributed by atoms with Crippen LogP contribution in [-0.2, 0) is 0 Å². The SMILES string of the molecule is C[C@H](CCCO)N[C@H](C)c1ccccc1. The highest BCUT2D eigenvalue weighted by Gasteiger charge is 2.08. The van der Waals surface area contributed by atoms with Gasteiger partial charge in [-0.15, -0.1) is 0 Å². The first-order valence-electron chi connectivity index (χ1n) is 5.66. The number of hydrogen-bond donors (Lipinski definition) is 2. The molecule has 0 aliphatic carbocycles. The third kappa shape index (κ3) is 4.45. The molecule has 2 atom stereocenters. The van der Waals surface area contributed by atoms with Crippen LogP contribution in [0.25, 0.3) is 0 Å². The van der Waals surface area contributed by atoms with Crippen molar-refractivity contribution in [1.29, 1.82) is 0 Å². The summed E-state index contributed by atoms with van der Waals surface area (Å²) in [5.41, 5.74) is 1.31. The van der Waals surface area contributed by atoms with E-state index in [9.17, 15) is 0 Å². The average molecular weight is 207 g/mol. The van der Waals surface area contributed by atoms with E-state index in [2.05, 4.69) is 43.4 Å². The molecule has 0 aliphatic rings. The van der Waals surface area contributed by atoms with E-state index in [0.717, 1.165) is 12.8 Å². The molecule has 0 spiro atoms. The summed E-state index contributed by atoms with van der Waals surface area (Å²) >= 11 is 0. The molecule has 0 amide bonds. The predicted molar refractivity (Wildman–Crippen MR) is 63.8 cm³/mol. The van der Waals surface area contributed by atoms with E-state index in [1.165, 1.54) is 5.56 Å². The van der Waals surface area contributed by atoms with Gasteiger partial charge in [0.15, 0.2) is 0 Å². The van der Waals surface area contributed by atoms with Gasteiger partial charge in [0.1, 0.15) is 0 Å². The number of aliphatic hydroxyl groups is 1. The second kappa shape index (κ2) is 6.59. The fourth-order valence-corrected chi connectivity index (χ4v) is 1.75. The second-order valence-corrected chi connectivity index (χ2v) is 4.07. The summed E-state index contributed by atoms with van der Waals surface area (Å²) < 4.78 is 0. The molecule has 0 aliphatic heterocycles. The van der Waals surface area contributed by atoms with E-state index in [-0.39, 0.29) is 6.61 Å². The number of aliphatic hydroxyl groups excluding tert-OH is 1. The molecule has 0 bridgehead atoms. The van der Waals surface area contributed by atoms with E-state index in [0.29, 0.717) is 12.1 Å². The molecular formula is C13H21NO. The highest BCUT2D eigenvalue weighted by Crippen LogP contribution is 2.12. The van der Waals surface area contributed by atoms with Crippen molar-refractivity contribution in [1.82, 2.24) is 5.32 Å². The molecule has 2 heteroatoms. The van der Waals surface area contributed by atoms with Crippen LogP contribution < -0.4 is 5.32 Å². The van der Waals surface area contributed by atoms with Crippen LogP contribution in [0.5, 0.6) is 0 Å². The lowest BCUT2D eigenvalue weighted by Gasteiger charge is -2.20. The van der Waals surface area contributed by atoms with Gasteiger partial charge in [0.25, 0.3) is 0 Å². The lowest BCUT2D eigenvalue weighted by Crippen LogP contribution is -2.29. The zero-order valence-corrected chi connectivity index (χ0v) is 9.61. The fraction of sp³-hybridized carbons (Fsp3) is 0.538. The highest BCUT2D eigenvalue weighted by atomic mass is 16.2. The van der Waals surface area contributed by atoms with Crippen molar-refractivity contribution in [2.75, 3.05) is 6.61 Å². The van der Waals surface area contributed by atoms with Crippen LogP contribution in [-0.4, -0.2) is 17.8 Å². The molecule has 0 fully saturated rings. The Hall–Kier alpha value is -0.860. The van der Waals surface area contributed by atoms with Crippen LogP contribution in [0.3, 0.4) is 0 Å². The molecule has 1 aromatic rings. The van der Waals surface area contributed by atoms with Crippen LogP contribution in [0.2, 0.25) is 0 Å². The van der Waals surface area contributed by atoms with E-state index >= 15 is 0 Å². The fourth-order valence-electron chi connectivity index (χ4n) is 1.75. The molecule has 0 heterocycles. The molecule has 1 rings (SSSR count). The van der Waals surface area contributed by atoms with Crippen molar-refractivity contribution >= 4 is 0 Å². The van der Waals surface area contributed by atoms with E-state index in [1.54, 1.807) is 0 Å². The van der Waals surface area contributed by atoms with Crippen LogP contribution in [0.4, 0.5) is 0 Å². The smallest absolute Gasteiger partial charge is 0.0431 e. The largest absolute Gasteiger partial charge is 0.396 e.